The van der Waals surface area contributed by atoms with Gasteiger partial charge >= 0.3 is 6.09 Å². The summed E-state index contributed by atoms with van der Waals surface area (Å²) in [6, 6.07) is 7.08. The van der Waals surface area contributed by atoms with Crippen molar-refractivity contribution >= 4 is 23.5 Å². The summed E-state index contributed by atoms with van der Waals surface area (Å²) >= 11 is 0. The highest BCUT2D eigenvalue weighted by atomic mass is 19.1. The predicted octanol–water partition coefficient (Wildman–Crippen LogP) is 2.15. The normalized spacial score (nSPS) is 14.0. The number of benzene rings is 1. The molecule has 1 aromatic heterocycles. The smallest absolute Gasteiger partial charge is 0.409 e. The number of carbonyl (C=O) groups excluding carboxylic acids is 2. The first-order valence-electron chi connectivity index (χ1n) is 8.62. The Labute approximate surface area is 156 Å². The van der Waals surface area contributed by atoms with Crippen LogP contribution < -0.4 is 10.2 Å². The minimum Gasteiger partial charge on any atom is -0.450 e. The molecule has 2 aromatic rings. The molecule has 0 saturated carbocycles. The van der Waals surface area contributed by atoms with E-state index in [1.807, 2.05) is 4.90 Å². The second-order valence-corrected chi connectivity index (χ2v) is 5.90. The zero-order chi connectivity index (χ0) is 19.2. The number of rotatable bonds is 4. The van der Waals surface area contributed by atoms with E-state index >= 15 is 0 Å². The lowest BCUT2D eigenvalue weighted by atomic mass is 10.2. The maximum absolute atomic E-state index is 13.0. The Morgan fingerprint density at radius 2 is 1.85 bits per heavy atom. The Morgan fingerprint density at radius 1 is 1.15 bits per heavy atom. The van der Waals surface area contributed by atoms with Crippen LogP contribution in [0.5, 0.6) is 0 Å². The van der Waals surface area contributed by atoms with E-state index in [4.69, 9.17) is 4.74 Å². The molecule has 1 aromatic carbocycles. The summed E-state index contributed by atoms with van der Waals surface area (Å²) in [7, 11) is 0. The van der Waals surface area contributed by atoms with E-state index in [9.17, 15) is 14.0 Å². The van der Waals surface area contributed by atoms with Gasteiger partial charge in [-0.2, -0.15) is 0 Å². The molecular weight excluding hydrogens is 353 g/mol. The SMILES string of the molecule is CCOC(=O)N1CCN(c2cc(C(=O)Nc3ccc(F)cc3)ncn2)CC1. The number of nitrogens with one attached hydrogen (secondary N) is 1. The Balaban J connectivity index is 1.63. The zero-order valence-electron chi connectivity index (χ0n) is 14.9. The van der Waals surface area contributed by atoms with Crippen LogP contribution in [0.2, 0.25) is 0 Å². The topological polar surface area (TPSA) is 87.7 Å². The standard InChI is InChI=1S/C18H20FN5O3/c1-2-27-18(26)24-9-7-23(8-10-24)16-11-15(20-12-21-16)17(25)22-14-5-3-13(19)4-6-14/h3-6,11-12H,2,7-10H2,1H3,(H,22,25). The number of ether oxygens (including phenoxy) is 1. The number of piperazine rings is 1. The number of aromatic nitrogens is 2. The fraction of sp³-hybridized carbons (Fsp3) is 0.333. The second-order valence-electron chi connectivity index (χ2n) is 5.90. The summed E-state index contributed by atoms with van der Waals surface area (Å²) in [4.78, 5) is 36.0. The van der Waals surface area contributed by atoms with Crippen molar-refractivity contribution in [2.75, 3.05) is 43.0 Å². The molecule has 1 aliphatic heterocycles. The number of nitrogens with zero attached hydrogens (tertiary/aromatic N) is 4. The van der Waals surface area contributed by atoms with Crippen LogP contribution in [0.3, 0.4) is 0 Å². The van der Waals surface area contributed by atoms with Crippen molar-refractivity contribution in [1.29, 1.82) is 0 Å². The molecule has 2 heterocycles. The van der Waals surface area contributed by atoms with E-state index < -0.39 is 5.91 Å². The van der Waals surface area contributed by atoms with Crippen molar-refractivity contribution in [1.82, 2.24) is 14.9 Å². The molecule has 9 heteroatoms. The van der Waals surface area contributed by atoms with Crippen LogP contribution in [0.15, 0.2) is 36.7 Å². The van der Waals surface area contributed by atoms with Gasteiger partial charge in [0.1, 0.15) is 23.7 Å². The van der Waals surface area contributed by atoms with Crippen LogP contribution in [0.1, 0.15) is 17.4 Å². The Bertz CT molecular complexity index is 807. The predicted molar refractivity (Wildman–Crippen MR) is 97.2 cm³/mol. The van der Waals surface area contributed by atoms with E-state index in [2.05, 4.69) is 15.3 Å². The maximum Gasteiger partial charge on any atom is 0.409 e. The van der Waals surface area contributed by atoms with Gasteiger partial charge in [-0.1, -0.05) is 0 Å². The van der Waals surface area contributed by atoms with Crippen molar-refractivity contribution in [3.63, 3.8) is 0 Å². The fourth-order valence-corrected chi connectivity index (χ4v) is 2.71. The van der Waals surface area contributed by atoms with E-state index in [1.54, 1.807) is 17.9 Å². The molecule has 0 bridgehead atoms. The van der Waals surface area contributed by atoms with E-state index in [-0.39, 0.29) is 17.6 Å². The van der Waals surface area contributed by atoms with Gasteiger partial charge in [0.2, 0.25) is 0 Å². The van der Waals surface area contributed by atoms with Crippen LogP contribution in [0.25, 0.3) is 0 Å². The molecule has 142 valence electrons. The quantitative estimate of drug-likeness (QED) is 0.884. The number of anilines is 2. The average molecular weight is 373 g/mol. The van der Waals surface area contributed by atoms with Crippen molar-refractivity contribution in [3.05, 3.63) is 48.2 Å². The van der Waals surface area contributed by atoms with Crippen molar-refractivity contribution in [2.45, 2.75) is 6.92 Å². The number of hydrogen-bond acceptors (Lipinski definition) is 6. The Morgan fingerprint density at radius 3 is 2.52 bits per heavy atom. The van der Waals surface area contributed by atoms with E-state index in [1.165, 1.54) is 30.6 Å². The highest BCUT2D eigenvalue weighted by molar-refractivity contribution is 6.03. The van der Waals surface area contributed by atoms with Crippen molar-refractivity contribution in [2.24, 2.45) is 0 Å². The van der Waals surface area contributed by atoms with Gasteiger partial charge < -0.3 is 19.9 Å². The molecule has 0 radical (unpaired) electrons. The largest absolute Gasteiger partial charge is 0.450 e. The highest BCUT2D eigenvalue weighted by Gasteiger charge is 2.23. The summed E-state index contributed by atoms with van der Waals surface area (Å²) in [5.41, 5.74) is 0.682. The summed E-state index contributed by atoms with van der Waals surface area (Å²) in [5, 5.41) is 2.67. The number of carbonyl (C=O) groups is 2. The molecular formula is C18H20FN5O3. The number of hydrogen-bond donors (Lipinski definition) is 1. The Kier molecular flexibility index (Phi) is 5.80. The molecule has 8 nitrogen and oxygen atoms in total. The molecule has 1 saturated heterocycles. The molecule has 3 rings (SSSR count). The highest BCUT2D eigenvalue weighted by Crippen LogP contribution is 2.16. The lowest BCUT2D eigenvalue weighted by molar-refractivity contribution is 0.102. The third-order valence-corrected chi connectivity index (χ3v) is 4.12. The molecule has 2 amide bonds. The molecule has 27 heavy (non-hydrogen) atoms. The molecule has 0 spiro atoms. The summed E-state index contributed by atoms with van der Waals surface area (Å²) in [6.07, 6.45) is 1.01. The first-order valence-corrected chi connectivity index (χ1v) is 8.62. The van der Waals surface area contributed by atoms with Gasteiger partial charge in [-0.25, -0.2) is 19.2 Å². The number of amides is 2. The number of halogens is 1. The lowest BCUT2D eigenvalue weighted by Gasteiger charge is -2.34. The summed E-state index contributed by atoms with van der Waals surface area (Å²) < 4.78 is 18.0. The van der Waals surface area contributed by atoms with Gasteiger partial charge in [0.05, 0.1) is 6.61 Å². The Hall–Kier alpha value is -3.23. The summed E-state index contributed by atoms with van der Waals surface area (Å²) in [6.45, 7) is 4.30. The van der Waals surface area contributed by atoms with Crippen molar-refractivity contribution < 1.29 is 18.7 Å². The first-order chi connectivity index (χ1) is 13.1. The average Bonchev–Trinajstić information content (AvgIpc) is 2.70. The first kappa shape index (κ1) is 18.6. The zero-order valence-corrected chi connectivity index (χ0v) is 14.9. The lowest BCUT2D eigenvalue weighted by Crippen LogP contribution is -2.49. The van der Waals surface area contributed by atoms with Gasteiger partial charge in [-0.15, -0.1) is 0 Å². The molecule has 0 aliphatic carbocycles. The van der Waals surface area contributed by atoms with Crippen LogP contribution in [-0.4, -0.2) is 59.7 Å². The van der Waals surface area contributed by atoms with Crippen LogP contribution in [0.4, 0.5) is 20.7 Å². The third-order valence-electron chi connectivity index (χ3n) is 4.12. The van der Waals surface area contributed by atoms with Gasteiger partial charge in [0.15, 0.2) is 0 Å². The maximum atomic E-state index is 13.0. The second kappa shape index (κ2) is 8.43. The molecule has 1 fully saturated rings. The molecule has 1 aliphatic rings. The fourth-order valence-electron chi connectivity index (χ4n) is 2.71. The van der Waals surface area contributed by atoms with E-state index in [0.29, 0.717) is 44.3 Å². The molecule has 0 atom stereocenters. The van der Waals surface area contributed by atoms with E-state index in [0.717, 1.165) is 0 Å². The summed E-state index contributed by atoms with van der Waals surface area (Å²) in [5.74, 6) is -0.174. The van der Waals surface area contributed by atoms with Gasteiger partial charge in [0.25, 0.3) is 5.91 Å². The van der Waals surface area contributed by atoms with Gasteiger partial charge in [-0.3, -0.25) is 4.79 Å². The monoisotopic (exact) mass is 373 g/mol. The minimum atomic E-state index is -0.407. The molecule has 1 N–H and O–H groups in total. The van der Waals surface area contributed by atoms with Crippen LogP contribution >= 0.6 is 0 Å². The molecule has 0 unspecified atom stereocenters. The van der Waals surface area contributed by atoms with Crippen molar-refractivity contribution in [3.8, 4) is 0 Å². The van der Waals surface area contributed by atoms with Gasteiger partial charge in [-0.05, 0) is 31.2 Å². The van der Waals surface area contributed by atoms with Crippen LogP contribution in [-0.2, 0) is 4.74 Å². The third kappa shape index (κ3) is 4.69. The van der Waals surface area contributed by atoms with Gasteiger partial charge in [0, 0.05) is 37.9 Å². The van der Waals surface area contributed by atoms with Crippen LogP contribution in [0, 0.1) is 5.82 Å². The minimum absolute atomic E-state index is 0.206.